The van der Waals surface area contributed by atoms with Crippen LogP contribution in [0.4, 0.5) is 0 Å². The monoisotopic (exact) mass is 189 g/mol. The molecule has 4 nitrogen and oxygen atoms in total. The number of hydrogen-bond donors (Lipinski definition) is 0. The summed E-state index contributed by atoms with van der Waals surface area (Å²) in [7, 11) is 1.68. The summed E-state index contributed by atoms with van der Waals surface area (Å²) < 4.78 is 7.04. The molecule has 0 amide bonds. The quantitative estimate of drug-likeness (QED) is 0.720. The summed E-state index contributed by atoms with van der Waals surface area (Å²) >= 11 is 0. The number of methoxy groups -OCH3 is 1. The summed E-state index contributed by atoms with van der Waals surface area (Å²) in [5.41, 5.74) is 1.98. The van der Waals surface area contributed by atoms with Crippen molar-refractivity contribution in [2.75, 3.05) is 7.11 Å². The lowest BCUT2D eigenvalue weighted by Gasteiger charge is -2.06. The van der Waals surface area contributed by atoms with E-state index in [1.807, 2.05) is 12.3 Å². The molecule has 0 radical (unpaired) electrons. The summed E-state index contributed by atoms with van der Waals surface area (Å²) in [6.07, 6.45) is 6.11. The molecule has 0 spiro atoms. The van der Waals surface area contributed by atoms with Crippen LogP contribution in [0.25, 0.3) is 5.65 Å². The third kappa shape index (κ3) is 1.07. The highest BCUT2D eigenvalue weighted by molar-refractivity contribution is 5.43. The fraction of sp³-hybridized carbons (Fsp3) is 0.400. The molecule has 1 aliphatic rings. The van der Waals surface area contributed by atoms with Crippen LogP contribution >= 0.6 is 0 Å². The van der Waals surface area contributed by atoms with E-state index < -0.39 is 0 Å². The molecule has 0 atom stereocenters. The molecule has 0 saturated heterocycles. The third-order valence-corrected chi connectivity index (χ3v) is 2.56. The smallest absolute Gasteiger partial charge is 0.159 e. The van der Waals surface area contributed by atoms with Crippen molar-refractivity contribution in [1.82, 2.24) is 14.6 Å². The normalized spacial score (nSPS) is 16.1. The molecule has 1 fully saturated rings. The minimum atomic E-state index is 0.602. The first-order valence-electron chi connectivity index (χ1n) is 4.77. The summed E-state index contributed by atoms with van der Waals surface area (Å²) in [6.45, 7) is 0. The van der Waals surface area contributed by atoms with Gasteiger partial charge in [0.25, 0.3) is 0 Å². The van der Waals surface area contributed by atoms with Crippen molar-refractivity contribution < 1.29 is 4.74 Å². The second kappa shape index (κ2) is 2.70. The summed E-state index contributed by atoms with van der Waals surface area (Å²) in [6, 6.07) is 1.91. The predicted molar refractivity (Wildman–Crippen MR) is 51.5 cm³/mol. The first kappa shape index (κ1) is 7.79. The van der Waals surface area contributed by atoms with Crippen molar-refractivity contribution in [3.05, 3.63) is 24.2 Å². The molecule has 0 unspecified atom stereocenters. The van der Waals surface area contributed by atoms with Gasteiger partial charge in [0.05, 0.1) is 25.2 Å². The molecular formula is C10H11N3O. The summed E-state index contributed by atoms with van der Waals surface area (Å²) in [5.74, 6) is 1.45. The fourth-order valence-corrected chi connectivity index (χ4v) is 1.66. The van der Waals surface area contributed by atoms with E-state index in [4.69, 9.17) is 4.74 Å². The Morgan fingerprint density at radius 1 is 1.50 bits per heavy atom. The lowest BCUT2D eigenvalue weighted by atomic mass is 10.2. The van der Waals surface area contributed by atoms with Crippen LogP contribution in [0.3, 0.4) is 0 Å². The molecule has 4 heteroatoms. The Bertz CT molecular complexity index is 473. The zero-order valence-corrected chi connectivity index (χ0v) is 7.97. The standard InChI is InChI=1S/C10H11N3O/c1-14-8-6-13-9(4-5-11-13)12-10(8)7-2-3-7/h4-7H,2-3H2,1H3. The first-order chi connectivity index (χ1) is 6.88. The number of hydrogen-bond acceptors (Lipinski definition) is 3. The van der Waals surface area contributed by atoms with Crippen molar-refractivity contribution in [2.45, 2.75) is 18.8 Å². The van der Waals surface area contributed by atoms with Gasteiger partial charge in [0, 0.05) is 12.0 Å². The van der Waals surface area contributed by atoms with Crippen molar-refractivity contribution in [2.24, 2.45) is 0 Å². The van der Waals surface area contributed by atoms with E-state index in [2.05, 4.69) is 10.1 Å². The van der Waals surface area contributed by atoms with E-state index in [1.165, 1.54) is 12.8 Å². The van der Waals surface area contributed by atoms with E-state index in [1.54, 1.807) is 17.8 Å². The molecule has 1 saturated carbocycles. The minimum absolute atomic E-state index is 0.602. The second-order valence-corrected chi connectivity index (χ2v) is 3.60. The van der Waals surface area contributed by atoms with Gasteiger partial charge in [0.1, 0.15) is 0 Å². The topological polar surface area (TPSA) is 39.4 Å². The number of rotatable bonds is 2. The first-order valence-corrected chi connectivity index (χ1v) is 4.77. The Morgan fingerprint density at radius 3 is 3.07 bits per heavy atom. The molecule has 2 aromatic heterocycles. The lowest BCUT2D eigenvalue weighted by Crippen LogP contribution is -1.99. The van der Waals surface area contributed by atoms with Crippen LogP contribution in [0.1, 0.15) is 24.5 Å². The van der Waals surface area contributed by atoms with Crippen LogP contribution in [0, 0.1) is 0 Å². The Hall–Kier alpha value is -1.58. The van der Waals surface area contributed by atoms with Crippen LogP contribution in [-0.4, -0.2) is 21.7 Å². The molecular weight excluding hydrogens is 178 g/mol. The van der Waals surface area contributed by atoms with Crippen molar-refractivity contribution in [1.29, 1.82) is 0 Å². The van der Waals surface area contributed by atoms with E-state index >= 15 is 0 Å². The second-order valence-electron chi connectivity index (χ2n) is 3.60. The lowest BCUT2D eigenvalue weighted by molar-refractivity contribution is 0.403. The molecule has 3 rings (SSSR count). The number of ether oxygens (including phenoxy) is 1. The van der Waals surface area contributed by atoms with Gasteiger partial charge in [0.15, 0.2) is 11.4 Å². The fourth-order valence-electron chi connectivity index (χ4n) is 1.66. The minimum Gasteiger partial charge on any atom is -0.493 e. The van der Waals surface area contributed by atoms with Gasteiger partial charge in [-0.05, 0) is 12.8 Å². The van der Waals surface area contributed by atoms with Crippen LogP contribution < -0.4 is 4.74 Å². The van der Waals surface area contributed by atoms with Gasteiger partial charge in [-0.3, -0.25) is 0 Å². The average Bonchev–Trinajstić information content (AvgIpc) is 2.95. The SMILES string of the molecule is COc1cn2nccc2nc1C1CC1. The number of aromatic nitrogens is 3. The molecule has 14 heavy (non-hydrogen) atoms. The molecule has 72 valence electrons. The average molecular weight is 189 g/mol. The van der Waals surface area contributed by atoms with Crippen LogP contribution in [0.2, 0.25) is 0 Å². The molecule has 2 heterocycles. The van der Waals surface area contributed by atoms with Crippen LogP contribution in [0.5, 0.6) is 5.75 Å². The van der Waals surface area contributed by atoms with Crippen molar-refractivity contribution >= 4 is 5.65 Å². The van der Waals surface area contributed by atoms with Gasteiger partial charge in [-0.1, -0.05) is 0 Å². The Balaban J connectivity index is 2.23. The highest BCUT2D eigenvalue weighted by Gasteiger charge is 2.28. The molecule has 1 aliphatic carbocycles. The highest BCUT2D eigenvalue weighted by atomic mass is 16.5. The summed E-state index contributed by atoms with van der Waals surface area (Å²) in [5, 5.41) is 4.12. The van der Waals surface area contributed by atoms with Crippen molar-refractivity contribution in [3.8, 4) is 5.75 Å². The maximum absolute atomic E-state index is 5.30. The molecule has 0 aromatic carbocycles. The van der Waals surface area contributed by atoms with Gasteiger partial charge in [-0.25, -0.2) is 9.50 Å². The van der Waals surface area contributed by atoms with Gasteiger partial charge in [-0.15, -0.1) is 0 Å². The molecule has 0 aliphatic heterocycles. The molecule has 2 aromatic rings. The zero-order valence-electron chi connectivity index (χ0n) is 7.97. The van der Waals surface area contributed by atoms with E-state index in [9.17, 15) is 0 Å². The van der Waals surface area contributed by atoms with Gasteiger partial charge < -0.3 is 4.74 Å². The van der Waals surface area contributed by atoms with Crippen LogP contribution in [-0.2, 0) is 0 Å². The third-order valence-electron chi connectivity index (χ3n) is 2.56. The largest absolute Gasteiger partial charge is 0.493 e. The predicted octanol–water partition coefficient (Wildman–Crippen LogP) is 1.62. The zero-order chi connectivity index (χ0) is 9.54. The maximum Gasteiger partial charge on any atom is 0.159 e. The molecule has 0 N–H and O–H groups in total. The van der Waals surface area contributed by atoms with Gasteiger partial charge in [-0.2, -0.15) is 5.10 Å². The van der Waals surface area contributed by atoms with E-state index in [0.29, 0.717) is 5.92 Å². The highest BCUT2D eigenvalue weighted by Crippen LogP contribution is 2.43. The van der Waals surface area contributed by atoms with E-state index in [-0.39, 0.29) is 0 Å². The van der Waals surface area contributed by atoms with E-state index in [0.717, 1.165) is 17.1 Å². The number of fused-ring (bicyclic) bond motifs is 1. The van der Waals surface area contributed by atoms with Gasteiger partial charge >= 0.3 is 0 Å². The van der Waals surface area contributed by atoms with Crippen LogP contribution in [0.15, 0.2) is 18.5 Å². The Labute approximate surface area is 81.5 Å². The van der Waals surface area contributed by atoms with Gasteiger partial charge in [0.2, 0.25) is 0 Å². The maximum atomic E-state index is 5.30. The Morgan fingerprint density at radius 2 is 2.36 bits per heavy atom. The summed E-state index contributed by atoms with van der Waals surface area (Å²) in [4.78, 5) is 4.54. The number of nitrogens with zero attached hydrogens (tertiary/aromatic N) is 3. The van der Waals surface area contributed by atoms with Crippen molar-refractivity contribution in [3.63, 3.8) is 0 Å². The molecule has 0 bridgehead atoms. The Kier molecular flexibility index (Phi) is 1.50.